The molecule has 98 valence electrons. The summed E-state index contributed by atoms with van der Waals surface area (Å²) in [5.74, 6) is -0.643. The average Bonchev–Trinajstić information content (AvgIpc) is 2.36. The number of rotatable bonds is 3. The fourth-order valence-corrected chi connectivity index (χ4v) is 1.50. The Hall–Kier alpha value is -1.82. The second kappa shape index (κ2) is 5.68. The molecule has 18 heavy (non-hydrogen) atoms. The van der Waals surface area contributed by atoms with Gasteiger partial charge >= 0.3 is 5.97 Å². The molecule has 0 bridgehead atoms. The van der Waals surface area contributed by atoms with Crippen LogP contribution in [0.5, 0.6) is 5.88 Å². The average molecular weight is 273 g/mol. The van der Waals surface area contributed by atoms with Crippen LogP contribution in [0.25, 0.3) is 0 Å². The smallest absolute Gasteiger partial charge is 0.341 e. The molecule has 0 aliphatic heterocycles. The van der Waals surface area contributed by atoms with Crippen molar-refractivity contribution >= 4 is 29.3 Å². The Bertz CT molecular complexity index is 490. The normalized spacial score (nSPS) is 9.83. The van der Waals surface area contributed by atoms with Crippen LogP contribution in [0.4, 0.5) is 5.82 Å². The second-order valence-corrected chi connectivity index (χ2v) is 3.83. The van der Waals surface area contributed by atoms with Crippen molar-refractivity contribution in [2.75, 3.05) is 26.2 Å². The lowest BCUT2D eigenvalue weighted by atomic mass is 10.2. The number of esters is 1. The van der Waals surface area contributed by atoms with Crippen LogP contribution in [0.2, 0.25) is 5.02 Å². The molecule has 0 aliphatic rings. The number of amides is 1. The van der Waals surface area contributed by atoms with Crippen molar-refractivity contribution in [3.05, 3.63) is 16.7 Å². The molecule has 0 fully saturated rings. The predicted octanol–water partition coefficient (Wildman–Crippen LogP) is 1.51. The number of aromatic nitrogens is 1. The van der Waals surface area contributed by atoms with Gasteiger partial charge in [0.25, 0.3) is 0 Å². The summed E-state index contributed by atoms with van der Waals surface area (Å²) >= 11 is 5.89. The third-order valence-electron chi connectivity index (χ3n) is 2.31. The van der Waals surface area contributed by atoms with E-state index in [0.29, 0.717) is 0 Å². The molecule has 7 heteroatoms. The Labute approximate surface area is 109 Å². The highest BCUT2D eigenvalue weighted by Crippen LogP contribution is 2.29. The molecule has 1 aromatic heterocycles. The molecule has 1 heterocycles. The topological polar surface area (TPSA) is 68.7 Å². The van der Waals surface area contributed by atoms with E-state index >= 15 is 0 Å². The summed E-state index contributed by atoms with van der Waals surface area (Å²) in [7, 11) is 4.12. The van der Waals surface area contributed by atoms with E-state index < -0.39 is 5.97 Å². The Balaban J connectivity index is 3.43. The second-order valence-electron chi connectivity index (χ2n) is 3.42. The van der Waals surface area contributed by atoms with Gasteiger partial charge in [0.05, 0.1) is 14.2 Å². The molecular formula is C11H13ClN2O4. The summed E-state index contributed by atoms with van der Waals surface area (Å²) < 4.78 is 9.57. The Morgan fingerprint density at radius 1 is 1.39 bits per heavy atom. The zero-order valence-corrected chi connectivity index (χ0v) is 11.2. The summed E-state index contributed by atoms with van der Waals surface area (Å²) in [6.07, 6.45) is 0. The highest BCUT2D eigenvalue weighted by molar-refractivity contribution is 6.32. The molecule has 0 N–H and O–H groups in total. The van der Waals surface area contributed by atoms with Gasteiger partial charge in [-0.1, -0.05) is 11.6 Å². The minimum atomic E-state index is -0.629. The zero-order chi connectivity index (χ0) is 13.9. The first-order chi connectivity index (χ1) is 8.42. The van der Waals surface area contributed by atoms with Crippen molar-refractivity contribution in [2.24, 2.45) is 0 Å². The van der Waals surface area contributed by atoms with Crippen molar-refractivity contribution in [1.82, 2.24) is 4.98 Å². The van der Waals surface area contributed by atoms with Crippen molar-refractivity contribution in [1.29, 1.82) is 0 Å². The number of carbonyl (C=O) groups excluding carboxylic acids is 2. The van der Waals surface area contributed by atoms with Gasteiger partial charge in [-0.25, -0.2) is 4.79 Å². The number of pyridine rings is 1. The first-order valence-corrected chi connectivity index (χ1v) is 5.37. The summed E-state index contributed by atoms with van der Waals surface area (Å²) in [5.41, 5.74) is 0.0981. The molecule has 1 rings (SSSR count). The number of ether oxygens (including phenoxy) is 2. The van der Waals surface area contributed by atoms with E-state index in [9.17, 15) is 9.59 Å². The van der Waals surface area contributed by atoms with Crippen LogP contribution in [-0.4, -0.2) is 38.1 Å². The molecule has 0 saturated carbocycles. The van der Waals surface area contributed by atoms with Crippen molar-refractivity contribution in [3.8, 4) is 5.88 Å². The number of methoxy groups -OCH3 is 2. The number of anilines is 1. The molecule has 0 saturated heterocycles. The lowest BCUT2D eigenvalue weighted by molar-refractivity contribution is -0.116. The lowest BCUT2D eigenvalue weighted by Gasteiger charge is -2.18. The molecule has 6 nitrogen and oxygen atoms in total. The zero-order valence-electron chi connectivity index (χ0n) is 10.5. The maximum absolute atomic E-state index is 11.6. The third-order valence-corrected chi connectivity index (χ3v) is 2.58. The standard InChI is InChI=1S/C11H13ClN2O4/c1-6(15)14(2)9-7(11(16)18-4)5-8(12)10(13-9)17-3/h5H,1-4H3. The maximum atomic E-state index is 11.6. The van der Waals surface area contributed by atoms with Crippen molar-refractivity contribution < 1.29 is 19.1 Å². The first-order valence-electron chi connectivity index (χ1n) is 4.99. The number of carbonyl (C=O) groups is 2. The summed E-state index contributed by atoms with van der Waals surface area (Å²) in [4.78, 5) is 28.2. The number of halogens is 1. The SMILES string of the molecule is COC(=O)c1cc(Cl)c(OC)nc1N(C)C(C)=O. The van der Waals surface area contributed by atoms with Crippen LogP contribution in [-0.2, 0) is 9.53 Å². The van der Waals surface area contributed by atoms with Crippen LogP contribution in [0, 0.1) is 0 Å². The van der Waals surface area contributed by atoms with Gasteiger partial charge in [-0.3, -0.25) is 9.69 Å². The van der Waals surface area contributed by atoms with E-state index in [1.165, 1.54) is 39.2 Å². The molecule has 0 unspecified atom stereocenters. The largest absolute Gasteiger partial charge is 0.480 e. The minimum Gasteiger partial charge on any atom is -0.480 e. The summed E-state index contributed by atoms with van der Waals surface area (Å²) in [5, 5.41) is 0.165. The fourth-order valence-electron chi connectivity index (χ4n) is 1.27. The Kier molecular flexibility index (Phi) is 4.49. The van der Waals surface area contributed by atoms with E-state index in [-0.39, 0.29) is 28.2 Å². The lowest BCUT2D eigenvalue weighted by Crippen LogP contribution is -2.26. The van der Waals surface area contributed by atoms with E-state index in [1.807, 2.05) is 0 Å². The van der Waals surface area contributed by atoms with Gasteiger partial charge in [0.1, 0.15) is 10.6 Å². The van der Waals surface area contributed by atoms with Crippen LogP contribution >= 0.6 is 11.6 Å². The van der Waals surface area contributed by atoms with Gasteiger partial charge in [0.2, 0.25) is 11.8 Å². The molecule has 1 aromatic rings. The van der Waals surface area contributed by atoms with E-state index in [4.69, 9.17) is 16.3 Å². The van der Waals surface area contributed by atoms with Crippen LogP contribution in [0.15, 0.2) is 6.07 Å². The van der Waals surface area contributed by atoms with Gasteiger partial charge in [0.15, 0.2) is 5.82 Å². The van der Waals surface area contributed by atoms with Gasteiger partial charge in [-0.15, -0.1) is 0 Å². The van der Waals surface area contributed by atoms with E-state index in [2.05, 4.69) is 9.72 Å². The molecule has 0 aromatic carbocycles. The van der Waals surface area contributed by atoms with Crippen molar-refractivity contribution in [2.45, 2.75) is 6.92 Å². The molecule has 0 atom stereocenters. The van der Waals surface area contributed by atoms with Crippen LogP contribution < -0.4 is 9.64 Å². The minimum absolute atomic E-state index is 0.0981. The van der Waals surface area contributed by atoms with Gasteiger partial charge in [0, 0.05) is 14.0 Å². The highest BCUT2D eigenvalue weighted by atomic mass is 35.5. The molecule has 0 aliphatic carbocycles. The molecular weight excluding hydrogens is 260 g/mol. The third kappa shape index (κ3) is 2.70. The number of hydrogen-bond donors (Lipinski definition) is 0. The number of nitrogens with zero attached hydrogens (tertiary/aromatic N) is 2. The molecule has 0 radical (unpaired) electrons. The molecule has 0 spiro atoms. The first kappa shape index (κ1) is 14.2. The Morgan fingerprint density at radius 2 is 2.00 bits per heavy atom. The van der Waals surface area contributed by atoms with E-state index in [0.717, 1.165) is 0 Å². The predicted molar refractivity (Wildman–Crippen MR) is 66.2 cm³/mol. The highest BCUT2D eigenvalue weighted by Gasteiger charge is 2.22. The monoisotopic (exact) mass is 272 g/mol. The van der Waals surface area contributed by atoms with Gasteiger partial charge in [-0.2, -0.15) is 4.98 Å². The number of hydrogen-bond acceptors (Lipinski definition) is 5. The quantitative estimate of drug-likeness (QED) is 0.780. The van der Waals surface area contributed by atoms with Gasteiger partial charge in [-0.05, 0) is 6.07 Å². The van der Waals surface area contributed by atoms with Crippen molar-refractivity contribution in [3.63, 3.8) is 0 Å². The van der Waals surface area contributed by atoms with Crippen LogP contribution in [0.3, 0.4) is 0 Å². The summed E-state index contributed by atoms with van der Waals surface area (Å²) in [6.45, 7) is 1.35. The maximum Gasteiger partial charge on any atom is 0.341 e. The summed E-state index contributed by atoms with van der Waals surface area (Å²) in [6, 6.07) is 1.36. The van der Waals surface area contributed by atoms with Gasteiger partial charge < -0.3 is 9.47 Å². The fraction of sp³-hybridized carbons (Fsp3) is 0.364. The van der Waals surface area contributed by atoms with E-state index in [1.54, 1.807) is 0 Å². The van der Waals surface area contributed by atoms with Crippen LogP contribution in [0.1, 0.15) is 17.3 Å². The Morgan fingerprint density at radius 3 is 2.44 bits per heavy atom. The molecule has 1 amide bonds.